The number of hydrogen-bond donors (Lipinski definition) is 0. The zero-order chi connectivity index (χ0) is 22.7. The highest BCUT2D eigenvalue weighted by molar-refractivity contribution is 6.30. The number of amides is 1. The van der Waals surface area contributed by atoms with Crippen LogP contribution in [0.1, 0.15) is 0 Å². The first kappa shape index (κ1) is 21.8. The Labute approximate surface area is 189 Å². The van der Waals surface area contributed by atoms with Crippen molar-refractivity contribution in [1.82, 2.24) is 14.7 Å². The summed E-state index contributed by atoms with van der Waals surface area (Å²) in [5, 5.41) is 4.99. The lowest BCUT2D eigenvalue weighted by molar-refractivity contribution is -0.132. The van der Waals surface area contributed by atoms with Crippen molar-refractivity contribution >= 4 is 23.2 Å². The normalized spacial score (nSPS) is 13.8. The number of ether oxygens (including phenoxy) is 1. The minimum Gasteiger partial charge on any atom is -0.496 e. The number of anilines is 1. The molecule has 1 aliphatic heterocycles. The van der Waals surface area contributed by atoms with E-state index in [2.05, 4.69) is 10.00 Å². The van der Waals surface area contributed by atoms with E-state index in [0.29, 0.717) is 48.2 Å². The lowest BCUT2D eigenvalue weighted by Crippen LogP contribution is -2.50. The summed E-state index contributed by atoms with van der Waals surface area (Å²) in [6, 6.07) is 14.6. The van der Waals surface area contributed by atoms with E-state index >= 15 is 0 Å². The van der Waals surface area contributed by atoms with E-state index in [0.717, 1.165) is 10.4 Å². The predicted molar refractivity (Wildman–Crippen MR) is 121 cm³/mol. The van der Waals surface area contributed by atoms with Crippen LogP contribution in [0.2, 0.25) is 5.02 Å². The number of nitrogens with zero attached hydrogens (tertiary/aromatic N) is 4. The number of hydrogen-bond acceptors (Lipinski definition) is 5. The molecule has 0 saturated carbocycles. The van der Waals surface area contributed by atoms with Gasteiger partial charge in [0.05, 0.1) is 12.8 Å². The van der Waals surface area contributed by atoms with Crippen LogP contribution in [-0.2, 0) is 11.3 Å². The van der Waals surface area contributed by atoms with E-state index < -0.39 is 5.82 Å². The summed E-state index contributed by atoms with van der Waals surface area (Å²) in [5.74, 6) is -0.328. The highest BCUT2D eigenvalue weighted by Gasteiger charge is 2.22. The van der Waals surface area contributed by atoms with Gasteiger partial charge in [-0.2, -0.15) is 5.10 Å². The lowest BCUT2D eigenvalue weighted by Gasteiger charge is -2.36. The summed E-state index contributed by atoms with van der Waals surface area (Å²) in [5.41, 5.74) is 1.58. The van der Waals surface area contributed by atoms with Gasteiger partial charge >= 0.3 is 0 Å². The molecule has 1 fully saturated rings. The average Bonchev–Trinajstić information content (AvgIpc) is 2.80. The summed E-state index contributed by atoms with van der Waals surface area (Å²) in [7, 11) is 1.43. The molecule has 0 N–H and O–H groups in total. The molecule has 1 aliphatic rings. The molecule has 9 heteroatoms. The smallest absolute Gasteiger partial charge is 0.267 e. The second-order valence-electron chi connectivity index (χ2n) is 7.41. The molecule has 1 saturated heterocycles. The van der Waals surface area contributed by atoms with Gasteiger partial charge in [-0.1, -0.05) is 17.7 Å². The SMILES string of the molecule is COc1cc(F)ccc1-c1ccc(=O)n(CC(=O)N2CCN(c3cccc(Cl)c3)CC2)n1. The van der Waals surface area contributed by atoms with Gasteiger partial charge < -0.3 is 14.5 Å². The first-order valence-corrected chi connectivity index (χ1v) is 10.5. The maximum Gasteiger partial charge on any atom is 0.267 e. The number of benzene rings is 2. The molecule has 166 valence electrons. The fourth-order valence-corrected chi connectivity index (χ4v) is 3.88. The van der Waals surface area contributed by atoms with E-state index in [9.17, 15) is 14.0 Å². The van der Waals surface area contributed by atoms with Gasteiger partial charge in [0.1, 0.15) is 18.1 Å². The van der Waals surface area contributed by atoms with Crippen LogP contribution in [0.4, 0.5) is 10.1 Å². The zero-order valence-electron chi connectivity index (χ0n) is 17.5. The molecular formula is C23H22ClFN4O3. The molecule has 0 atom stereocenters. The first-order valence-electron chi connectivity index (χ1n) is 10.1. The Hall–Kier alpha value is -3.39. The van der Waals surface area contributed by atoms with Gasteiger partial charge in [0, 0.05) is 54.6 Å². The second-order valence-corrected chi connectivity index (χ2v) is 7.84. The highest BCUT2D eigenvalue weighted by Crippen LogP contribution is 2.28. The Morgan fingerprint density at radius 2 is 1.88 bits per heavy atom. The van der Waals surface area contributed by atoms with Crippen molar-refractivity contribution in [2.24, 2.45) is 0 Å². The van der Waals surface area contributed by atoms with E-state index in [1.54, 1.807) is 4.90 Å². The van der Waals surface area contributed by atoms with Crippen LogP contribution in [0.5, 0.6) is 5.75 Å². The van der Waals surface area contributed by atoms with Crippen molar-refractivity contribution in [3.63, 3.8) is 0 Å². The third-order valence-corrected chi connectivity index (χ3v) is 5.63. The van der Waals surface area contributed by atoms with Crippen LogP contribution < -0.4 is 15.2 Å². The van der Waals surface area contributed by atoms with Crippen molar-refractivity contribution in [3.05, 3.63) is 75.8 Å². The van der Waals surface area contributed by atoms with Gasteiger partial charge in [-0.15, -0.1) is 0 Å². The van der Waals surface area contributed by atoms with E-state index in [4.69, 9.17) is 16.3 Å². The minimum atomic E-state index is -0.439. The van der Waals surface area contributed by atoms with Crippen LogP contribution in [0, 0.1) is 5.82 Å². The maximum atomic E-state index is 13.5. The fourth-order valence-electron chi connectivity index (χ4n) is 3.70. The third kappa shape index (κ3) is 4.75. The van der Waals surface area contributed by atoms with Gasteiger partial charge in [-0.25, -0.2) is 9.07 Å². The molecule has 7 nitrogen and oxygen atoms in total. The molecular weight excluding hydrogens is 435 g/mol. The summed E-state index contributed by atoms with van der Waals surface area (Å²) in [4.78, 5) is 29.1. The predicted octanol–water partition coefficient (Wildman–Crippen LogP) is 3.06. The number of carbonyl (C=O) groups excluding carboxylic acids is 1. The molecule has 0 aliphatic carbocycles. The van der Waals surface area contributed by atoms with Crippen molar-refractivity contribution in [2.75, 3.05) is 38.2 Å². The van der Waals surface area contributed by atoms with E-state index in [1.165, 1.54) is 37.4 Å². The third-order valence-electron chi connectivity index (χ3n) is 5.40. The summed E-state index contributed by atoms with van der Waals surface area (Å²) >= 11 is 6.08. The molecule has 0 unspecified atom stereocenters. The van der Waals surface area contributed by atoms with Gasteiger partial charge in [0.2, 0.25) is 5.91 Å². The van der Waals surface area contributed by atoms with Gasteiger partial charge in [-0.05, 0) is 36.4 Å². The Balaban J connectivity index is 1.46. The minimum absolute atomic E-state index is 0.173. The Kier molecular flexibility index (Phi) is 6.41. The molecule has 0 radical (unpaired) electrons. The van der Waals surface area contributed by atoms with Gasteiger partial charge in [0.15, 0.2) is 0 Å². The summed E-state index contributed by atoms with van der Waals surface area (Å²) in [6.07, 6.45) is 0. The molecule has 2 aromatic carbocycles. The molecule has 3 aromatic rings. The number of piperazine rings is 1. The number of rotatable bonds is 5. The van der Waals surface area contributed by atoms with Crippen molar-refractivity contribution in [3.8, 4) is 17.0 Å². The molecule has 1 aromatic heterocycles. The van der Waals surface area contributed by atoms with E-state index in [1.807, 2.05) is 24.3 Å². The second kappa shape index (κ2) is 9.40. The van der Waals surface area contributed by atoms with Crippen LogP contribution in [0.25, 0.3) is 11.3 Å². The van der Waals surface area contributed by atoms with Crippen LogP contribution in [0.3, 0.4) is 0 Å². The molecule has 2 heterocycles. The number of carbonyl (C=O) groups is 1. The molecule has 32 heavy (non-hydrogen) atoms. The molecule has 0 bridgehead atoms. The Morgan fingerprint density at radius 3 is 2.59 bits per heavy atom. The molecule has 0 spiro atoms. The first-order chi connectivity index (χ1) is 15.4. The van der Waals surface area contributed by atoms with Crippen LogP contribution in [0.15, 0.2) is 59.4 Å². The standard InChI is InChI=1S/C23H22ClFN4O3/c1-32-21-14-17(25)5-6-19(21)20-7-8-22(30)29(26-20)15-23(31)28-11-9-27(10-12-28)18-4-2-3-16(24)13-18/h2-8,13-14H,9-12,15H2,1H3. The highest BCUT2D eigenvalue weighted by atomic mass is 35.5. The van der Waals surface area contributed by atoms with Crippen LogP contribution in [-0.4, -0.2) is 53.9 Å². The summed E-state index contributed by atoms with van der Waals surface area (Å²) < 4.78 is 19.9. The Bertz CT molecular complexity index is 1190. The van der Waals surface area contributed by atoms with Crippen molar-refractivity contribution in [1.29, 1.82) is 0 Å². The number of aromatic nitrogens is 2. The van der Waals surface area contributed by atoms with Crippen molar-refractivity contribution < 1.29 is 13.9 Å². The van der Waals surface area contributed by atoms with Gasteiger partial charge in [0.25, 0.3) is 5.56 Å². The molecule has 1 amide bonds. The summed E-state index contributed by atoms with van der Waals surface area (Å²) in [6.45, 7) is 2.23. The molecule has 4 rings (SSSR count). The topological polar surface area (TPSA) is 67.7 Å². The van der Waals surface area contributed by atoms with Crippen molar-refractivity contribution in [2.45, 2.75) is 6.54 Å². The lowest BCUT2D eigenvalue weighted by atomic mass is 10.1. The monoisotopic (exact) mass is 456 g/mol. The Morgan fingerprint density at radius 1 is 1.09 bits per heavy atom. The average molecular weight is 457 g/mol. The fraction of sp³-hybridized carbons (Fsp3) is 0.261. The van der Waals surface area contributed by atoms with Gasteiger partial charge in [-0.3, -0.25) is 9.59 Å². The van der Waals surface area contributed by atoms with Crippen LogP contribution >= 0.6 is 11.6 Å². The largest absolute Gasteiger partial charge is 0.496 e. The van der Waals surface area contributed by atoms with E-state index in [-0.39, 0.29) is 18.0 Å². The quantitative estimate of drug-likeness (QED) is 0.590. The zero-order valence-corrected chi connectivity index (χ0v) is 18.3. The number of halogens is 2. The number of methoxy groups -OCH3 is 1. The maximum absolute atomic E-state index is 13.5.